The second kappa shape index (κ2) is 2.81. The van der Waals surface area contributed by atoms with Gasteiger partial charge in [-0.15, -0.1) is 6.42 Å². The van der Waals surface area contributed by atoms with Gasteiger partial charge in [-0.2, -0.15) is 5.10 Å². The summed E-state index contributed by atoms with van der Waals surface area (Å²) in [6.07, 6.45) is 6.46. The molecule has 1 aromatic carbocycles. The van der Waals surface area contributed by atoms with Gasteiger partial charge in [-0.3, -0.25) is 4.68 Å². The fourth-order valence-electron chi connectivity index (χ4n) is 1.35. The minimum absolute atomic E-state index is 0.238. The van der Waals surface area contributed by atoms with Crippen LogP contribution in [0.2, 0.25) is 0 Å². The molecule has 0 aliphatic carbocycles. The molecule has 0 unspecified atom stereocenters. The Balaban J connectivity index is 2.93. The number of rotatable bonds is 0. The molecule has 0 spiro atoms. The number of hydrogen-bond donors (Lipinski definition) is 0. The molecule has 0 atom stereocenters. The van der Waals surface area contributed by atoms with Crippen LogP contribution in [0.4, 0.5) is 8.78 Å². The minimum atomic E-state index is -0.754. The van der Waals surface area contributed by atoms with E-state index in [9.17, 15) is 8.78 Å². The summed E-state index contributed by atoms with van der Waals surface area (Å²) in [6.45, 7) is 0. The monoisotopic (exact) mass is 192 g/mol. The van der Waals surface area contributed by atoms with Gasteiger partial charge in [0.15, 0.2) is 5.82 Å². The molecule has 0 saturated heterocycles. The summed E-state index contributed by atoms with van der Waals surface area (Å²) < 4.78 is 28.1. The molecule has 0 saturated carbocycles. The highest BCUT2D eigenvalue weighted by Gasteiger charge is 2.13. The van der Waals surface area contributed by atoms with Gasteiger partial charge in [-0.25, -0.2) is 8.78 Å². The van der Waals surface area contributed by atoms with Crippen molar-refractivity contribution in [3.05, 3.63) is 29.5 Å². The van der Waals surface area contributed by atoms with Crippen LogP contribution < -0.4 is 0 Å². The number of hydrogen-bond acceptors (Lipinski definition) is 1. The molecule has 4 heteroatoms. The lowest BCUT2D eigenvalue weighted by Gasteiger charge is -1.97. The summed E-state index contributed by atoms with van der Waals surface area (Å²) in [5, 5.41) is 4.12. The van der Waals surface area contributed by atoms with Crippen LogP contribution in [0.15, 0.2) is 12.3 Å². The van der Waals surface area contributed by atoms with E-state index in [2.05, 4.69) is 5.10 Å². The van der Waals surface area contributed by atoms with Crippen LogP contribution in [0.25, 0.3) is 10.9 Å². The molecule has 70 valence electrons. The van der Waals surface area contributed by atoms with Gasteiger partial charge in [0.2, 0.25) is 0 Å². The summed E-state index contributed by atoms with van der Waals surface area (Å²) in [5.74, 6) is 0.498. The second-order valence-corrected chi connectivity index (χ2v) is 2.93. The molecule has 0 aliphatic heterocycles. The average molecular weight is 192 g/mol. The van der Waals surface area contributed by atoms with Crippen LogP contribution in [-0.2, 0) is 7.05 Å². The van der Waals surface area contributed by atoms with E-state index in [1.54, 1.807) is 7.05 Å². The zero-order valence-corrected chi connectivity index (χ0v) is 7.38. The zero-order chi connectivity index (χ0) is 10.3. The van der Waals surface area contributed by atoms with E-state index in [1.165, 1.54) is 10.9 Å². The molecule has 0 N–H and O–H groups in total. The van der Waals surface area contributed by atoms with Gasteiger partial charge in [-0.1, -0.05) is 5.92 Å². The highest BCUT2D eigenvalue weighted by Crippen LogP contribution is 2.21. The Kier molecular flexibility index (Phi) is 1.74. The SMILES string of the molecule is C#Cc1c(F)cc2nn(C)cc2c1F. The van der Waals surface area contributed by atoms with Crippen molar-refractivity contribution in [1.29, 1.82) is 0 Å². The predicted molar refractivity (Wildman–Crippen MR) is 48.6 cm³/mol. The Morgan fingerprint density at radius 2 is 2.21 bits per heavy atom. The van der Waals surface area contributed by atoms with Crippen molar-refractivity contribution >= 4 is 10.9 Å². The fourth-order valence-corrected chi connectivity index (χ4v) is 1.35. The Morgan fingerprint density at radius 1 is 1.50 bits per heavy atom. The number of aryl methyl sites for hydroxylation is 1. The Bertz CT molecular complexity index is 549. The fraction of sp³-hybridized carbons (Fsp3) is 0.100. The number of terminal acetylenes is 1. The largest absolute Gasteiger partial charge is 0.274 e. The lowest BCUT2D eigenvalue weighted by molar-refractivity contribution is 0.586. The smallest absolute Gasteiger partial charge is 0.152 e. The topological polar surface area (TPSA) is 17.8 Å². The van der Waals surface area contributed by atoms with Crippen molar-refractivity contribution in [3.63, 3.8) is 0 Å². The van der Waals surface area contributed by atoms with E-state index >= 15 is 0 Å². The van der Waals surface area contributed by atoms with Crippen LogP contribution >= 0.6 is 0 Å². The van der Waals surface area contributed by atoms with Gasteiger partial charge in [0, 0.05) is 19.3 Å². The molecule has 2 nitrogen and oxygen atoms in total. The molecule has 0 amide bonds. The molecule has 0 radical (unpaired) electrons. The number of benzene rings is 1. The van der Waals surface area contributed by atoms with E-state index in [0.29, 0.717) is 0 Å². The van der Waals surface area contributed by atoms with E-state index in [4.69, 9.17) is 6.42 Å². The van der Waals surface area contributed by atoms with Crippen molar-refractivity contribution in [1.82, 2.24) is 9.78 Å². The third-order valence-electron chi connectivity index (χ3n) is 1.96. The van der Waals surface area contributed by atoms with Gasteiger partial charge in [0.25, 0.3) is 0 Å². The summed E-state index contributed by atoms with van der Waals surface area (Å²) >= 11 is 0. The average Bonchev–Trinajstić information content (AvgIpc) is 2.47. The molecule has 1 heterocycles. The van der Waals surface area contributed by atoms with Crippen molar-refractivity contribution in [2.45, 2.75) is 0 Å². The summed E-state index contributed by atoms with van der Waals surface area (Å²) in [7, 11) is 1.63. The summed E-state index contributed by atoms with van der Waals surface area (Å²) in [4.78, 5) is 0. The van der Waals surface area contributed by atoms with E-state index in [1.807, 2.05) is 5.92 Å². The Morgan fingerprint density at radius 3 is 2.86 bits per heavy atom. The summed E-state index contributed by atoms with van der Waals surface area (Å²) in [5.41, 5.74) is -0.0769. The third kappa shape index (κ3) is 1.06. The molecular formula is C10H6F2N2. The van der Waals surface area contributed by atoms with Gasteiger partial charge in [0.1, 0.15) is 5.82 Å². The quantitative estimate of drug-likeness (QED) is 0.582. The standard InChI is InChI=1S/C10H6F2N2/c1-3-6-8(11)4-9-7(10(6)12)5-14(2)13-9/h1,4-5H,2H3. The number of aromatic nitrogens is 2. The van der Waals surface area contributed by atoms with Crippen LogP contribution in [0.3, 0.4) is 0 Å². The lowest BCUT2D eigenvalue weighted by Crippen LogP contribution is -1.90. The van der Waals surface area contributed by atoms with Crippen molar-refractivity contribution in [3.8, 4) is 12.3 Å². The maximum Gasteiger partial charge on any atom is 0.152 e. The van der Waals surface area contributed by atoms with Gasteiger partial charge in [-0.05, 0) is 0 Å². The van der Waals surface area contributed by atoms with Crippen molar-refractivity contribution < 1.29 is 8.78 Å². The van der Waals surface area contributed by atoms with Gasteiger partial charge in [0.05, 0.1) is 16.5 Å². The maximum absolute atomic E-state index is 13.5. The zero-order valence-electron chi connectivity index (χ0n) is 7.38. The minimum Gasteiger partial charge on any atom is -0.274 e. The molecule has 1 aromatic heterocycles. The molecule has 0 fully saturated rings. The third-order valence-corrected chi connectivity index (χ3v) is 1.96. The lowest BCUT2D eigenvalue weighted by atomic mass is 10.1. The highest BCUT2D eigenvalue weighted by atomic mass is 19.1. The predicted octanol–water partition coefficient (Wildman–Crippen LogP) is 1.83. The maximum atomic E-state index is 13.5. The Hall–Kier alpha value is -1.89. The number of halogens is 2. The van der Waals surface area contributed by atoms with Crippen molar-refractivity contribution in [2.75, 3.05) is 0 Å². The first kappa shape index (κ1) is 8.70. The highest BCUT2D eigenvalue weighted by molar-refractivity contribution is 5.80. The first-order valence-electron chi connectivity index (χ1n) is 3.91. The van der Waals surface area contributed by atoms with Crippen LogP contribution in [0.5, 0.6) is 0 Å². The van der Waals surface area contributed by atoms with E-state index in [0.717, 1.165) is 6.07 Å². The van der Waals surface area contributed by atoms with E-state index in [-0.39, 0.29) is 16.5 Å². The molecule has 2 aromatic rings. The van der Waals surface area contributed by atoms with Crippen molar-refractivity contribution in [2.24, 2.45) is 7.05 Å². The van der Waals surface area contributed by atoms with Gasteiger partial charge < -0.3 is 0 Å². The molecular weight excluding hydrogens is 186 g/mol. The first-order valence-corrected chi connectivity index (χ1v) is 3.91. The number of nitrogens with zero attached hydrogens (tertiary/aromatic N) is 2. The van der Waals surface area contributed by atoms with Crippen LogP contribution in [0, 0.1) is 24.0 Å². The molecule has 14 heavy (non-hydrogen) atoms. The first-order chi connectivity index (χ1) is 6.63. The van der Waals surface area contributed by atoms with Crippen LogP contribution in [0.1, 0.15) is 5.56 Å². The molecule has 0 bridgehead atoms. The molecule has 0 aliphatic rings. The normalized spacial score (nSPS) is 10.4. The molecule has 2 rings (SSSR count). The van der Waals surface area contributed by atoms with E-state index < -0.39 is 11.6 Å². The number of fused-ring (bicyclic) bond motifs is 1. The summed E-state index contributed by atoms with van der Waals surface area (Å²) in [6, 6.07) is 1.13. The Labute approximate surface area is 79.1 Å². The van der Waals surface area contributed by atoms with Gasteiger partial charge >= 0.3 is 0 Å². The second-order valence-electron chi connectivity index (χ2n) is 2.93. The van der Waals surface area contributed by atoms with Crippen LogP contribution in [-0.4, -0.2) is 9.78 Å².